The van der Waals surface area contributed by atoms with Gasteiger partial charge in [0.05, 0.1) is 16.9 Å². The molecule has 2 N–H and O–H groups in total. The Kier molecular flexibility index (Phi) is 7.03. The molecule has 8 heteroatoms. The molecule has 2 aromatic rings. The Bertz CT molecular complexity index is 1030. The molecule has 0 saturated heterocycles. The predicted molar refractivity (Wildman–Crippen MR) is 118 cm³/mol. The first-order chi connectivity index (χ1) is 14.5. The zero-order valence-electron chi connectivity index (χ0n) is 18.1. The summed E-state index contributed by atoms with van der Waals surface area (Å²) in [7, 11) is -3.19. The van der Waals surface area contributed by atoms with Crippen LogP contribution >= 0.6 is 0 Å². The van der Waals surface area contributed by atoms with Gasteiger partial charge in [-0.1, -0.05) is 12.1 Å². The number of carbonyl (C=O) groups is 1. The number of rotatable bonds is 9. The number of nitrogens with one attached hydrogen (secondary N) is 1. The van der Waals surface area contributed by atoms with Gasteiger partial charge in [0.1, 0.15) is 29.8 Å². The second-order valence-electron chi connectivity index (χ2n) is 8.45. The van der Waals surface area contributed by atoms with Crippen LogP contribution in [0, 0.1) is 0 Å². The van der Waals surface area contributed by atoms with Crippen LogP contribution in [0.15, 0.2) is 47.4 Å². The second kappa shape index (κ2) is 9.38. The van der Waals surface area contributed by atoms with E-state index < -0.39 is 21.5 Å². The molecule has 1 atom stereocenters. The highest BCUT2D eigenvalue weighted by Crippen LogP contribution is 2.35. The minimum atomic E-state index is -3.19. The minimum absolute atomic E-state index is 0.0491. The Morgan fingerprint density at radius 1 is 1.19 bits per heavy atom. The highest BCUT2D eigenvalue weighted by Gasteiger charge is 2.32. The first-order valence-corrected chi connectivity index (χ1v) is 12.1. The fraction of sp³-hybridized carbons (Fsp3) is 0.435. The number of carbonyl (C=O) groups excluding carboxylic acids is 1. The number of sulfone groups is 1. The van der Waals surface area contributed by atoms with E-state index in [9.17, 15) is 18.3 Å². The SMILES string of the molecule is CC1(C)CC(=O)c2ccc(OC[C@H](O)CNCCc3ccc(S(C)(=O)=O)cc3)cc2O1. The van der Waals surface area contributed by atoms with E-state index in [0.29, 0.717) is 47.9 Å². The molecule has 0 bridgehead atoms. The third-order valence-electron chi connectivity index (χ3n) is 4.99. The molecule has 2 aromatic carbocycles. The zero-order valence-corrected chi connectivity index (χ0v) is 18.9. The molecule has 0 saturated carbocycles. The van der Waals surface area contributed by atoms with E-state index in [-0.39, 0.29) is 12.4 Å². The van der Waals surface area contributed by atoms with Gasteiger partial charge in [-0.05, 0) is 56.6 Å². The number of ketones is 1. The summed E-state index contributed by atoms with van der Waals surface area (Å²) in [4.78, 5) is 12.5. The van der Waals surface area contributed by atoms with E-state index in [2.05, 4.69) is 5.32 Å². The van der Waals surface area contributed by atoms with Crippen molar-refractivity contribution >= 4 is 15.6 Å². The topological polar surface area (TPSA) is 102 Å². The molecule has 3 rings (SSSR count). The normalized spacial score (nSPS) is 16.3. The molecule has 1 aliphatic rings. The van der Waals surface area contributed by atoms with Crippen molar-refractivity contribution in [1.82, 2.24) is 5.32 Å². The molecule has 31 heavy (non-hydrogen) atoms. The fourth-order valence-corrected chi connectivity index (χ4v) is 4.01. The summed E-state index contributed by atoms with van der Waals surface area (Å²) in [5, 5.41) is 13.3. The van der Waals surface area contributed by atoms with Gasteiger partial charge in [0.2, 0.25) is 0 Å². The summed E-state index contributed by atoms with van der Waals surface area (Å²) in [6, 6.07) is 11.9. The maximum atomic E-state index is 12.2. The molecule has 1 heterocycles. The highest BCUT2D eigenvalue weighted by atomic mass is 32.2. The van der Waals surface area contributed by atoms with E-state index >= 15 is 0 Å². The summed E-state index contributed by atoms with van der Waals surface area (Å²) in [6.45, 7) is 4.84. The van der Waals surface area contributed by atoms with Crippen molar-refractivity contribution in [3.8, 4) is 11.5 Å². The first-order valence-electron chi connectivity index (χ1n) is 10.2. The number of ether oxygens (including phenoxy) is 2. The van der Waals surface area contributed by atoms with Gasteiger partial charge in [0.15, 0.2) is 15.6 Å². The van der Waals surface area contributed by atoms with Gasteiger partial charge in [-0.15, -0.1) is 0 Å². The van der Waals surface area contributed by atoms with Crippen LogP contribution in [0.4, 0.5) is 0 Å². The van der Waals surface area contributed by atoms with Crippen molar-refractivity contribution in [3.63, 3.8) is 0 Å². The molecule has 168 valence electrons. The zero-order chi connectivity index (χ0) is 22.6. The smallest absolute Gasteiger partial charge is 0.175 e. The van der Waals surface area contributed by atoms with E-state index in [1.807, 2.05) is 13.8 Å². The van der Waals surface area contributed by atoms with Gasteiger partial charge < -0.3 is 19.9 Å². The lowest BCUT2D eigenvalue weighted by molar-refractivity contribution is 0.0615. The molecule has 0 radical (unpaired) electrons. The largest absolute Gasteiger partial charge is 0.491 e. The molecular weight excluding hydrogens is 418 g/mol. The summed E-state index contributed by atoms with van der Waals surface area (Å²) >= 11 is 0. The predicted octanol–water partition coefficient (Wildman–Crippen LogP) is 2.41. The van der Waals surface area contributed by atoms with Gasteiger partial charge in [-0.2, -0.15) is 0 Å². The second-order valence-corrected chi connectivity index (χ2v) is 10.5. The average molecular weight is 448 g/mol. The minimum Gasteiger partial charge on any atom is -0.491 e. The average Bonchev–Trinajstić information content (AvgIpc) is 2.68. The lowest BCUT2D eigenvalue weighted by Crippen LogP contribution is -2.36. The molecule has 0 fully saturated rings. The third kappa shape index (κ3) is 6.53. The summed E-state index contributed by atoms with van der Waals surface area (Å²) in [6.07, 6.45) is 1.53. The van der Waals surface area contributed by atoms with Crippen LogP contribution in [-0.2, 0) is 16.3 Å². The van der Waals surface area contributed by atoms with Crippen LogP contribution in [0.1, 0.15) is 36.2 Å². The summed E-state index contributed by atoms with van der Waals surface area (Å²) < 4.78 is 34.5. The van der Waals surface area contributed by atoms with Gasteiger partial charge in [0.25, 0.3) is 0 Å². The Labute approximate surface area is 183 Å². The lowest BCUT2D eigenvalue weighted by Gasteiger charge is -2.31. The Morgan fingerprint density at radius 2 is 1.90 bits per heavy atom. The lowest BCUT2D eigenvalue weighted by atomic mass is 9.93. The standard InChI is InChI=1S/C23H29NO6S/c1-23(2)13-21(26)20-9-6-18(12-22(20)30-23)29-15-17(25)14-24-11-10-16-4-7-19(8-5-16)31(3,27)28/h4-9,12,17,24-25H,10-11,13-15H2,1-3H3/t17-/m1/s1. The van der Waals surface area contributed by atoms with Crippen molar-refractivity contribution in [2.45, 2.75) is 43.3 Å². The maximum Gasteiger partial charge on any atom is 0.175 e. The van der Waals surface area contributed by atoms with E-state index in [0.717, 1.165) is 5.56 Å². The van der Waals surface area contributed by atoms with Crippen molar-refractivity contribution < 1.29 is 27.8 Å². The molecule has 0 aromatic heterocycles. The van der Waals surface area contributed by atoms with Gasteiger partial charge >= 0.3 is 0 Å². The number of aliphatic hydroxyl groups is 1. The first kappa shape index (κ1) is 23.2. The molecule has 0 spiro atoms. The van der Waals surface area contributed by atoms with Crippen LogP contribution < -0.4 is 14.8 Å². The van der Waals surface area contributed by atoms with Gasteiger partial charge in [-0.3, -0.25) is 4.79 Å². The van der Waals surface area contributed by atoms with Gasteiger partial charge in [0, 0.05) is 18.9 Å². The van der Waals surface area contributed by atoms with E-state index in [1.165, 1.54) is 6.26 Å². The summed E-state index contributed by atoms with van der Waals surface area (Å²) in [5.41, 5.74) is 1.02. The number of hydrogen-bond donors (Lipinski definition) is 2. The Hall–Kier alpha value is -2.42. The number of benzene rings is 2. The Balaban J connectivity index is 1.42. The molecule has 0 amide bonds. The molecule has 7 nitrogen and oxygen atoms in total. The molecular formula is C23H29NO6S. The van der Waals surface area contributed by atoms with Crippen LogP contribution in [0.5, 0.6) is 11.5 Å². The number of fused-ring (bicyclic) bond motifs is 1. The van der Waals surface area contributed by atoms with Crippen molar-refractivity contribution in [2.75, 3.05) is 26.0 Å². The molecule has 0 unspecified atom stereocenters. The van der Waals surface area contributed by atoms with Crippen molar-refractivity contribution in [3.05, 3.63) is 53.6 Å². The number of hydrogen-bond acceptors (Lipinski definition) is 7. The number of Topliss-reactive ketones (excluding diaryl/α,β-unsaturated/α-hetero) is 1. The van der Waals surface area contributed by atoms with Crippen LogP contribution in [0.25, 0.3) is 0 Å². The van der Waals surface area contributed by atoms with Crippen molar-refractivity contribution in [2.24, 2.45) is 0 Å². The van der Waals surface area contributed by atoms with Crippen LogP contribution in [-0.4, -0.2) is 57.0 Å². The third-order valence-corrected chi connectivity index (χ3v) is 6.12. The van der Waals surface area contributed by atoms with Gasteiger partial charge in [-0.25, -0.2) is 8.42 Å². The van der Waals surface area contributed by atoms with E-state index in [4.69, 9.17) is 9.47 Å². The monoisotopic (exact) mass is 447 g/mol. The fourth-order valence-electron chi connectivity index (χ4n) is 3.38. The van der Waals surface area contributed by atoms with Crippen molar-refractivity contribution in [1.29, 1.82) is 0 Å². The highest BCUT2D eigenvalue weighted by molar-refractivity contribution is 7.90. The van der Waals surface area contributed by atoms with Crippen LogP contribution in [0.3, 0.4) is 0 Å². The summed E-state index contributed by atoms with van der Waals surface area (Å²) in [5.74, 6) is 1.09. The van der Waals surface area contributed by atoms with Crippen LogP contribution in [0.2, 0.25) is 0 Å². The van der Waals surface area contributed by atoms with E-state index in [1.54, 1.807) is 42.5 Å². The maximum absolute atomic E-state index is 12.2. The number of aliphatic hydroxyl groups excluding tert-OH is 1. The molecule has 0 aliphatic carbocycles. The molecule has 1 aliphatic heterocycles. The quantitative estimate of drug-likeness (QED) is 0.569. The Morgan fingerprint density at radius 3 is 2.58 bits per heavy atom.